The fourth-order valence-corrected chi connectivity index (χ4v) is 7.22. The molecule has 0 aromatic carbocycles. The summed E-state index contributed by atoms with van der Waals surface area (Å²) in [5, 5.41) is 23.7. The molecule has 0 fully saturated rings. The molecule has 1 amide bonds. The highest BCUT2D eigenvalue weighted by Gasteiger charge is 2.24. The number of carbonyl (C=O) groups is 2. The lowest BCUT2D eigenvalue weighted by Crippen LogP contribution is -2.46. The van der Waals surface area contributed by atoms with Gasteiger partial charge in [0.1, 0.15) is 6.10 Å². The number of amides is 1. The van der Waals surface area contributed by atoms with Crippen molar-refractivity contribution in [1.82, 2.24) is 5.32 Å². The summed E-state index contributed by atoms with van der Waals surface area (Å²) in [4.78, 5) is 26.0. The fraction of sp³-hybridized carbons (Fsp3) is 0.741. The Balaban J connectivity index is 4.61. The van der Waals surface area contributed by atoms with Gasteiger partial charge in [-0.1, -0.05) is 203 Å². The Morgan fingerprint density at radius 2 is 0.900 bits per heavy atom. The maximum Gasteiger partial charge on any atom is 0.306 e. The minimum atomic E-state index is -0.803. The van der Waals surface area contributed by atoms with Gasteiger partial charge in [-0.3, -0.25) is 9.59 Å². The second-order valence-electron chi connectivity index (χ2n) is 16.8. The van der Waals surface area contributed by atoms with Gasteiger partial charge in [0.05, 0.1) is 25.2 Å². The predicted octanol–water partition coefficient (Wildman–Crippen LogP) is 15.0. The molecule has 6 nitrogen and oxygen atoms in total. The van der Waals surface area contributed by atoms with Crippen molar-refractivity contribution < 1.29 is 24.5 Å². The van der Waals surface area contributed by atoms with Crippen LogP contribution in [-0.4, -0.2) is 46.9 Å². The molecule has 3 N–H and O–H groups in total. The van der Waals surface area contributed by atoms with Gasteiger partial charge in [0.25, 0.3) is 0 Å². The zero-order valence-corrected chi connectivity index (χ0v) is 39.3. The smallest absolute Gasteiger partial charge is 0.306 e. The molecule has 0 aliphatic carbocycles. The van der Waals surface area contributed by atoms with Crippen molar-refractivity contribution in [2.45, 2.75) is 251 Å². The maximum absolute atomic E-state index is 13.2. The number of aliphatic hydroxyl groups is 2. The van der Waals surface area contributed by atoms with Gasteiger partial charge in [-0.2, -0.15) is 0 Å². The van der Waals surface area contributed by atoms with E-state index in [1.807, 2.05) is 0 Å². The van der Waals surface area contributed by atoms with Gasteiger partial charge in [-0.15, -0.1) is 0 Å². The van der Waals surface area contributed by atoms with E-state index in [-0.39, 0.29) is 24.9 Å². The van der Waals surface area contributed by atoms with Crippen LogP contribution in [0.4, 0.5) is 0 Å². The van der Waals surface area contributed by atoms with Gasteiger partial charge in [0.2, 0.25) is 5.91 Å². The molecule has 3 unspecified atom stereocenters. The number of allylic oxidation sites excluding steroid dienone is 12. The fourth-order valence-electron chi connectivity index (χ4n) is 7.22. The highest BCUT2D eigenvalue weighted by Crippen LogP contribution is 2.17. The van der Waals surface area contributed by atoms with E-state index in [0.717, 1.165) is 89.9 Å². The quantitative estimate of drug-likeness (QED) is 0.0323. The van der Waals surface area contributed by atoms with Crippen LogP contribution in [0.5, 0.6) is 0 Å². The van der Waals surface area contributed by atoms with Gasteiger partial charge in [-0.25, -0.2) is 0 Å². The van der Waals surface area contributed by atoms with Crippen molar-refractivity contribution >= 4 is 11.9 Å². The second kappa shape index (κ2) is 47.4. The topological polar surface area (TPSA) is 95.9 Å². The van der Waals surface area contributed by atoms with Gasteiger partial charge in [0, 0.05) is 6.42 Å². The molecule has 0 bridgehead atoms. The predicted molar refractivity (Wildman–Crippen MR) is 259 cm³/mol. The zero-order valence-electron chi connectivity index (χ0n) is 39.3. The summed E-state index contributed by atoms with van der Waals surface area (Å²) in [7, 11) is 0. The molecule has 346 valence electrons. The first-order valence-corrected chi connectivity index (χ1v) is 25.2. The van der Waals surface area contributed by atoms with Crippen molar-refractivity contribution in [3.63, 3.8) is 0 Å². The summed E-state index contributed by atoms with van der Waals surface area (Å²) in [6.07, 6.45) is 59.7. The SMILES string of the molecule is CC/C=C\C/C=C\C/C=C\C/C=C\C/C=C\CCCC(=O)OC(CCCCC/C=C\CCCCC)CC(=O)NC(CO)C(O)CCCCCCCCCCCCCCCC. The number of hydrogen-bond acceptors (Lipinski definition) is 5. The van der Waals surface area contributed by atoms with Crippen molar-refractivity contribution in [3.8, 4) is 0 Å². The third-order valence-electron chi connectivity index (χ3n) is 11.0. The molecule has 0 heterocycles. The lowest BCUT2D eigenvalue weighted by Gasteiger charge is -2.24. The van der Waals surface area contributed by atoms with Crippen LogP contribution < -0.4 is 5.32 Å². The van der Waals surface area contributed by atoms with E-state index in [4.69, 9.17) is 4.74 Å². The summed E-state index contributed by atoms with van der Waals surface area (Å²) in [6, 6.07) is -0.719. The Kier molecular flexibility index (Phi) is 45.2. The molecule has 0 rings (SSSR count). The van der Waals surface area contributed by atoms with E-state index in [9.17, 15) is 19.8 Å². The van der Waals surface area contributed by atoms with Crippen LogP contribution in [0.15, 0.2) is 72.9 Å². The molecule has 0 saturated carbocycles. The molecule has 0 aliphatic heterocycles. The number of aliphatic hydroxyl groups excluding tert-OH is 2. The molecule has 0 aliphatic rings. The number of ether oxygens (including phenoxy) is 1. The monoisotopic (exact) mass is 838 g/mol. The first kappa shape index (κ1) is 57.3. The highest BCUT2D eigenvalue weighted by atomic mass is 16.5. The van der Waals surface area contributed by atoms with Crippen LogP contribution >= 0.6 is 0 Å². The van der Waals surface area contributed by atoms with Crippen molar-refractivity contribution in [3.05, 3.63) is 72.9 Å². The van der Waals surface area contributed by atoms with Crippen LogP contribution in [0.25, 0.3) is 0 Å². The standard InChI is InChI=1S/C54H95NO5/c1-4-7-10-13-16-19-22-24-26-27-28-30-32-35-38-41-44-47-54(59)60-50(45-42-39-36-33-21-18-15-12-9-6-3)48-53(58)55-51(49-56)52(57)46-43-40-37-34-31-29-25-23-20-17-14-11-8-5-2/h7,10,16,18-19,21,24,26,28,30,35,38,50-52,56-57H,4-6,8-9,11-15,17,20,22-23,25,27,29,31-34,36-37,39-49H2,1-3H3,(H,55,58)/b10-7-,19-16-,21-18-,26-24-,30-28-,38-35-. The largest absolute Gasteiger partial charge is 0.462 e. The first-order valence-electron chi connectivity index (χ1n) is 25.2. The van der Waals surface area contributed by atoms with E-state index in [1.165, 1.54) is 89.9 Å². The summed E-state index contributed by atoms with van der Waals surface area (Å²) >= 11 is 0. The number of esters is 1. The minimum Gasteiger partial charge on any atom is -0.462 e. The molecule has 0 aromatic heterocycles. The van der Waals surface area contributed by atoms with Crippen LogP contribution in [0, 0.1) is 0 Å². The molecular weight excluding hydrogens is 743 g/mol. The Bertz CT molecular complexity index is 1120. The Hall–Kier alpha value is -2.70. The zero-order chi connectivity index (χ0) is 43.8. The van der Waals surface area contributed by atoms with Gasteiger partial charge in [-0.05, 0) is 89.9 Å². The molecule has 60 heavy (non-hydrogen) atoms. The maximum atomic E-state index is 13.2. The van der Waals surface area contributed by atoms with E-state index in [0.29, 0.717) is 25.7 Å². The summed E-state index contributed by atoms with van der Waals surface area (Å²) in [5.74, 6) is -0.563. The molecule has 0 aromatic rings. The number of nitrogens with one attached hydrogen (secondary N) is 1. The van der Waals surface area contributed by atoms with E-state index < -0.39 is 18.2 Å². The summed E-state index contributed by atoms with van der Waals surface area (Å²) in [5.41, 5.74) is 0. The summed E-state index contributed by atoms with van der Waals surface area (Å²) < 4.78 is 5.88. The summed E-state index contributed by atoms with van der Waals surface area (Å²) in [6.45, 7) is 6.32. The Labute approximate surface area is 371 Å². The average molecular weight is 838 g/mol. The Morgan fingerprint density at radius 1 is 0.500 bits per heavy atom. The van der Waals surface area contributed by atoms with E-state index >= 15 is 0 Å². The van der Waals surface area contributed by atoms with E-state index in [2.05, 4.69) is 99.0 Å². The number of rotatable bonds is 44. The molecule has 0 radical (unpaired) electrons. The van der Waals surface area contributed by atoms with E-state index in [1.54, 1.807) is 0 Å². The number of unbranched alkanes of at least 4 members (excludes halogenated alkanes) is 20. The van der Waals surface area contributed by atoms with Crippen molar-refractivity contribution in [1.29, 1.82) is 0 Å². The molecule has 0 saturated heterocycles. The van der Waals surface area contributed by atoms with Crippen LogP contribution in [0.2, 0.25) is 0 Å². The average Bonchev–Trinajstić information content (AvgIpc) is 3.24. The molecule has 0 spiro atoms. The normalized spacial score (nSPS) is 13.9. The second-order valence-corrected chi connectivity index (χ2v) is 16.8. The first-order chi connectivity index (χ1) is 29.5. The number of hydrogen-bond donors (Lipinski definition) is 3. The molecular formula is C54H95NO5. The molecule has 3 atom stereocenters. The van der Waals surface area contributed by atoms with Crippen molar-refractivity contribution in [2.75, 3.05) is 6.61 Å². The highest BCUT2D eigenvalue weighted by molar-refractivity contribution is 5.77. The van der Waals surface area contributed by atoms with Crippen molar-refractivity contribution in [2.24, 2.45) is 0 Å². The van der Waals surface area contributed by atoms with Crippen LogP contribution in [0.1, 0.15) is 233 Å². The third-order valence-corrected chi connectivity index (χ3v) is 11.0. The van der Waals surface area contributed by atoms with Crippen LogP contribution in [-0.2, 0) is 14.3 Å². The minimum absolute atomic E-state index is 0.0416. The Morgan fingerprint density at radius 3 is 1.42 bits per heavy atom. The third kappa shape index (κ3) is 42.0. The van der Waals surface area contributed by atoms with Gasteiger partial charge < -0.3 is 20.3 Å². The molecule has 6 heteroatoms. The van der Waals surface area contributed by atoms with Crippen LogP contribution in [0.3, 0.4) is 0 Å². The van der Waals surface area contributed by atoms with Gasteiger partial charge >= 0.3 is 5.97 Å². The van der Waals surface area contributed by atoms with Gasteiger partial charge in [0.15, 0.2) is 0 Å². The number of carbonyl (C=O) groups excluding carboxylic acids is 2. The lowest BCUT2D eigenvalue weighted by atomic mass is 10.0. The lowest BCUT2D eigenvalue weighted by molar-refractivity contribution is -0.151.